The van der Waals surface area contributed by atoms with Crippen molar-refractivity contribution in [1.29, 1.82) is 0 Å². The van der Waals surface area contributed by atoms with Gasteiger partial charge in [0.1, 0.15) is 13.2 Å². The van der Waals surface area contributed by atoms with Crippen molar-refractivity contribution < 1.29 is 28.6 Å². The van der Waals surface area contributed by atoms with Gasteiger partial charge in [-0.05, 0) is 103 Å². The number of unbranched alkanes of at least 4 members (excludes halogenated alkanes) is 13. The molecule has 0 saturated heterocycles. The lowest BCUT2D eigenvalue weighted by Crippen LogP contribution is -2.30. The van der Waals surface area contributed by atoms with Gasteiger partial charge >= 0.3 is 17.9 Å². The number of hydrogen-bond donors (Lipinski definition) is 0. The lowest BCUT2D eigenvalue weighted by molar-refractivity contribution is -0.166. The zero-order chi connectivity index (χ0) is 44.4. The molecular weight excluding hydrogens is 757 g/mol. The van der Waals surface area contributed by atoms with Gasteiger partial charge in [-0.25, -0.2) is 0 Å². The van der Waals surface area contributed by atoms with Crippen molar-refractivity contribution in [2.75, 3.05) is 13.2 Å². The quantitative estimate of drug-likeness (QED) is 0.0264. The van der Waals surface area contributed by atoms with Crippen LogP contribution in [0.5, 0.6) is 0 Å². The first-order valence-corrected chi connectivity index (χ1v) is 24.4. The number of carbonyl (C=O) groups is 3. The molecule has 0 N–H and O–H groups in total. The normalized spacial score (nSPS) is 13.0. The molecule has 0 heterocycles. The molecular formula is C55H88O6. The van der Waals surface area contributed by atoms with E-state index in [1.165, 1.54) is 57.8 Å². The van der Waals surface area contributed by atoms with Crippen molar-refractivity contribution in [3.05, 3.63) is 109 Å². The van der Waals surface area contributed by atoms with E-state index in [9.17, 15) is 14.4 Å². The maximum atomic E-state index is 12.8. The number of rotatable bonds is 42. The zero-order valence-corrected chi connectivity index (χ0v) is 39.1. The molecule has 0 aromatic heterocycles. The predicted octanol–water partition coefficient (Wildman–Crippen LogP) is 16.0. The van der Waals surface area contributed by atoms with Crippen LogP contribution in [0.25, 0.3) is 0 Å². The van der Waals surface area contributed by atoms with Crippen LogP contribution >= 0.6 is 0 Å². The van der Waals surface area contributed by atoms with E-state index >= 15 is 0 Å². The minimum absolute atomic E-state index is 0.133. The summed E-state index contributed by atoms with van der Waals surface area (Å²) in [4.78, 5) is 37.8. The third-order valence-electron chi connectivity index (χ3n) is 9.76. The highest BCUT2D eigenvalue weighted by atomic mass is 16.6. The highest BCUT2D eigenvalue weighted by molar-refractivity contribution is 5.71. The molecule has 0 rings (SSSR count). The molecule has 0 aliphatic rings. The van der Waals surface area contributed by atoms with Crippen LogP contribution in [-0.2, 0) is 28.6 Å². The third-order valence-corrected chi connectivity index (χ3v) is 9.76. The van der Waals surface area contributed by atoms with Crippen molar-refractivity contribution in [2.45, 2.75) is 207 Å². The van der Waals surface area contributed by atoms with Crippen LogP contribution in [-0.4, -0.2) is 37.2 Å². The number of hydrogen-bond acceptors (Lipinski definition) is 6. The van der Waals surface area contributed by atoms with Crippen molar-refractivity contribution in [2.24, 2.45) is 0 Å². The van der Waals surface area contributed by atoms with Gasteiger partial charge in [0.05, 0.1) is 0 Å². The molecule has 0 aromatic carbocycles. The highest BCUT2D eigenvalue weighted by Crippen LogP contribution is 2.12. The summed E-state index contributed by atoms with van der Waals surface area (Å²) >= 11 is 0. The molecule has 0 aromatic rings. The van der Waals surface area contributed by atoms with E-state index in [4.69, 9.17) is 14.2 Å². The Morgan fingerprint density at radius 3 is 1.16 bits per heavy atom. The summed E-state index contributed by atoms with van der Waals surface area (Å²) in [7, 11) is 0. The second kappa shape index (κ2) is 48.7. The standard InChI is InChI=1S/C55H88O6/c1-4-7-10-13-16-19-22-24-26-28-30-33-36-39-42-45-48-54(57)60-51-52(50-59-53(56)47-44-41-38-35-32-21-18-15-12-9-6-3)61-55(58)49-46-43-40-37-34-31-29-27-25-23-20-17-14-11-8-5-2/h7,9-10,12,16,18-19,21,24,26-27,29-30,33,35,38-39,42,52H,4-6,8,11,13-15,17,20,22-23,25,28,31-32,34,36-37,40-41,43-51H2,1-3H3/b10-7-,12-9-,19-16-,21-18-,26-24-,29-27-,33-30-,38-35-,42-39-. The van der Waals surface area contributed by atoms with Gasteiger partial charge in [-0.3, -0.25) is 14.4 Å². The summed E-state index contributed by atoms with van der Waals surface area (Å²) in [6.07, 6.45) is 65.2. The van der Waals surface area contributed by atoms with E-state index in [2.05, 4.69) is 118 Å². The van der Waals surface area contributed by atoms with E-state index in [-0.39, 0.29) is 50.4 Å². The molecule has 1 unspecified atom stereocenters. The fourth-order valence-corrected chi connectivity index (χ4v) is 6.15. The van der Waals surface area contributed by atoms with Crippen LogP contribution in [0.2, 0.25) is 0 Å². The maximum Gasteiger partial charge on any atom is 0.306 e. The van der Waals surface area contributed by atoms with Crippen LogP contribution in [0.15, 0.2) is 109 Å². The average molecular weight is 845 g/mol. The van der Waals surface area contributed by atoms with Gasteiger partial charge in [-0.2, -0.15) is 0 Å². The summed E-state index contributed by atoms with van der Waals surface area (Å²) < 4.78 is 16.6. The van der Waals surface area contributed by atoms with Crippen LogP contribution in [0.3, 0.4) is 0 Å². The second-order valence-electron chi connectivity index (χ2n) is 15.6. The summed E-state index contributed by atoms with van der Waals surface area (Å²) in [5, 5.41) is 0. The molecule has 0 radical (unpaired) electrons. The van der Waals surface area contributed by atoms with Gasteiger partial charge < -0.3 is 14.2 Å². The average Bonchev–Trinajstić information content (AvgIpc) is 3.26. The van der Waals surface area contributed by atoms with Gasteiger partial charge in [0.15, 0.2) is 6.10 Å². The van der Waals surface area contributed by atoms with Crippen molar-refractivity contribution in [3.63, 3.8) is 0 Å². The monoisotopic (exact) mass is 845 g/mol. The molecule has 1 atom stereocenters. The van der Waals surface area contributed by atoms with Gasteiger partial charge in [0.25, 0.3) is 0 Å². The molecule has 0 aliphatic heterocycles. The minimum Gasteiger partial charge on any atom is -0.462 e. The summed E-state index contributed by atoms with van der Waals surface area (Å²) in [6.45, 7) is 6.26. The Labute approximate surface area is 374 Å². The molecule has 6 heteroatoms. The number of ether oxygens (including phenoxy) is 3. The first-order valence-electron chi connectivity index (χ1n) is 24.4. The second-order valence-corrected chi connectivity index (χ2v) is 15.6. The number of carbonyl (C=O) groups excluding carboxylic acids is 3. The summed E-state index contributed by atoms with van der Waals surface area (Å²) in [6, 6.07) is 0. The Morgan fingerprint density at radius 1 is 0.344 bits per heavy atom. The Bertz CT molecular complexity index is 1290. The molecule has 6 nitrogen and oxygen atoms in total. The molecule has 0 saturated carbocycles. The van der Waals surface area contributed by atoms with Crippen LogP contribution in [0, 0.1) is 0 Å². The topological polar surface area (TPSA) is 78.9 Å². The SMILES string of the molecule is CC/C=C\C/C=C\C/C=C\C/C=C\C/C=C\CCC(=O)OCC(COC(=O)CCC/C=C\C/C=C\C/C=C\CC)OC(=O)CCCCCCC/C=C\CCCCCCCCC. The van der Waals surface area contributed by atoms with Crippen molar-refractivity contribution in [3.8, 4) is 0 Å². The summed E-state index contributed by atoms with van der Waals surface area (Å²) in [5.74, 6) is -1.08. The summed E-state index contributed by atoms with van der Waals surface area (Å²) in [5.41, 5.74) is 0. The van der Waals surface area contributed by atoms with Crippen LogP contribution in [0.4, 0.5) is 0 Å². The van der Waals surface area contributed by atoms with Gasteiger partial charge in [-0.15, -0.1) is 0 Å². The molecule has 61 heavy (non-hydrogen) atoms. The van der Waals surface area contributed by atoms with E-state index < -0.39 is 6.10 Å². The first kappa shape index (κ1) is 57.1. The molecule has 0 amide bonds. The van der Waals surface area contributed by atoms with Gasteiger partial charge in [-0.1, -0.05) is 188 Å². The van der Waals surface area contributed by atoms with E-state index in [0.717, 1.165) is 89.9 Å². The van der Waals surface area contributed by atoms with Crippen LogP contribution in [0.1, 0.15) is 201 Å². The molecule has 0 aliphatic carbocycles. The zero-order valence-electron chi connectivity index (χ0n) is 39.1. The largest absolute Gasteiger partial charge is 0.462 e. The van der Waals surface area contributed by atoms with E-state index in [1.807, 2.05) is 12.2 Å². The van der Waals surface area contributed by atoms with Crippen molar-refractivity contribution >= 4 is 17.9 Å². The lowest BCUT2D eigenvalue weighted by Gasteiger charge is -2.18. The van der Waals surface area contributed by atoms with Gasteiger partial charge in [0.2, 0.25) is 0 Å². The molecule has 344 valence electrons. The van der Waals surface area contributed by atoms with Crippen LogP contribution < -0.4 is 0 Å². The smallest absolute Gasteiger partial charge is 0.306 e. The lowest BCUT2D eigenvalue weighted by atomic mass is 10.1. The molecule has 0 bridgehead atoms. The Kier molecular flexibility index (Phi) is 45.6. The minimum atomic E-state index is -0.833. The Morgan fingerprint density at radius 2 is 0.689 bits per heavy atom. The Hall–Kier alpha value is -3.93. The molecule has 0 fully saturated rings. The van der Waals surface area contributed by atoms with Crippen molar-refractivity contribution in [1.82, 2.24) is 0 Å². The third kappa shape index (κ3) is 47.0. The number of esters is 3. The van der Waals surface area contributed by atoms with E-state index in [0.29, 0.717) is 12.8 Å². The predicted molar refractivity (Wildman–Crippen MR) is 260 cm³/mol. The first-order chi connectivity index (χ1) is 30.0. The maximum absolute atomic E-state index is 12.8. The Balaban J connectivity index is 4.56. The highest BCUT2D eigenvalue weighted by Gasteiger charge is 2.19. The fraction of sp³-hybridized carbons (Fsp3) is 0.618. The molecule has 0 spiro atoms. The van der Waals surface area contributed by atoms with Gasteiger partial charge in [0, 0.05) is 19.3 Å². The number of allylic oxidation sites excluding steroid dienone is 18. The van der Waals surface area contributed by atoms with E-state index in [1.54, 1.807) is 0 Å². The fourth-order valence-electron chi connectivity index (χ4n) is 6.15.